The fourth-order valence-electron chi connectivity index (χ4n) is 1.70. The molecular formula is C14H14BrN. The van der Waals surface area contributed by atoms with Gasteiger partial charge in [0.25, 0.3) is 0 Å². The summed E-state index contributed by atoms with van der Waals surface area (Å²) in [7, 11) is 0. The lowest BCUT2D eigenvalue weighted by Crippen LogP contribution is -1.85. The molecule has 0 aliphatic carbocycles. The lowest BCUT2D eigenvalue weighted by molar-refractivity contribution is 1.12. The molecule has 16 heavy (non-hydrogen) atoms. The Morgan fingerprint density at radius 3 is 2.88 bits per heavy atom. The summed E-state index contributed by atoms with van der Waals surface area (Å²) < 4.78 is 0. The van der Waals surface area contributed by atoms with Crippen LogP contribution in [0.2, 0.25) is 0 Å². The van der Waals surface area contributed by atoms with Gasteiger partial charge in [-0.25, -0.2) is 0 Å². The van der Waals surface area contributed by atoms with Gasteiger partial charge in [0.1, 0.15) is 0 Å². The topological polar surface area (TPSA) is 12.9 Å². The van der Waals surface area contributed by atoms with E-state index in [2.05, 4.69) is 52.1 Å². The Hall–Kier alpha value is -1.15. The monoisotopic (exact) mass is 275 g/mol. The first-order chi connectivity index (χ1) is 7.85. The van der Waals surface area contributed by atoms with Gasteiger partial charge in [-0.2, -0.15) is 0 Å². The van der Waals surface area contributed by atoms with E-state index in [-0.39, 0.29) is 0 Å². The van der Waals surface area contributed by atoms with Gasteiger partial charge in [0, 0.05) is 16.9 Å². The van der Waals surface area contributed by atoms with Crippen LogP contribution < -0.4 is 0 Å². The van der Waals surface area contributed by atoms with Gasteiger partial charge in [-0.1, -0.05) is 52.7 Å². The zero-order chi connectivity index (χ0) is 11.4. The first-order valence-corrected chi connectivity index (χ1v) is 6.56. The van der Waals surface area contributed by atoms with Crippen molar-refractivity contribution in [2.24, 2.45) is 0 Å². The van der Waals surface area contributed by atoms with Crippen molar-refractivity contribution in [2.45, 2.75) is 13.3 Å². The van der Waals surface area contributed by atoms with Gasteiger partial charge in [0.2, 0.25) is 0 Å². The average molecular weight is 276 g/mol. The number of nitrogens with zero attached hydrogens (tertiary/aromatic N) is 1. The number of alkyl halides is 1. The Bertz CT molecular complexity index is 506. The lowest BCUT2D eigenvalue weighted by Gasteiger charge is -2.03. The highest BCUT2D eigenvalue weighted by atomic mass is 79.9. The molecule has 0 amide bonds. The summed E-state index contributed by atoms with van der Waals surface area (Å²) in [5, 5.41) is 2.15. The maximum atomic E-state index is 4.36. The van der Waals surface area contributed by atoms with Crippen LogP contribution in [0.5, 0.6) is 0 Å². The van der Waals surface area contributed by atoms with Gasteiger partial charge in [-0.05, 0) is 24.1 Å². The standard InChI is InChI=1S/C14H14BrN/c1-2-11(10-15)9-12-7-8-16-14-6-4-3-5-13(12)14/h3-9H,2,10H2,1H3. The van der Waals surface area contributed by atoms with Crippen molar-refractivity contribution < 1.29 is 0 Å². The molecule has 0 radical (unpaired) electrons. The van der Waals surface area contributed by atoms with Crippen LogP contribution in [0.3, 0.4) is 0 Å². The summed E-state index contributed by atoms with van der Waals surface area (Å²) in [5.41, 5.74) is 3.71. The van der Waals surface area contributed by atoms with Crippen molar-refractivity contribution in [2.75, 3.05) is 5.33 Å². The number of halogens is 1. The number of hydrogen-bond donors (Lipinski definition) is 0. The van der Waals surface area contributed by atoms with Crippen LogP contribution in [-0.2, 0) is 0 Å². The molecule has 0 fully saturated rings. The number of allylic oxidation sites excluding steroid dienone is 1. The van der Waals surface area contributed by atoms with Crippen molar-refractivity contribution in [3.63, 3.8) is 0 Å². The second-order valence-corrected chi connectivity index (χ2v) is 4.27. The maximum absolute atomic E-state index is 4.36. The number of benzene rings is 1. The highest BCUT2D eigenvalue weighted by Gasteiger charge is 1.99. The molecule has 1 nitrogen and oxygen atoms in total. The third kappa shape index (κ3) is 2.33. The van der Waals surface area contributed by atoms with E-state index in [4.69, 9.17) is 0 Å². The fraction of sp³-hybridized carbons (Fsp3) is 0.214. The smallest absolute Gasteiger partial charge is 0.0707 e. The molecule has 0 spiro atoms. The van der Waals surface area contributed by atoms with Crippen LogP contribution in [0.1, 0.15) is 18.9 Å². The summed E-state index contributed by atoms with van der Waals surface area (Å²) >= 11 is 3.51. The molecule has 1 heterocycles. The maximum Gasteiger partial charge on any atom is 0.0707 e. The number of para-hydroxylation sites is 1. The number of fused-ring (bicyclic) bond motifs is 1. The van der Waals surface area contributed by atoms with Crippen LogP contribution in [0, 0.1) is 0 Å². The van der Waals surface area contributed by atoms with E-state index in [9.17, 15) is 0 Å². The zero-order valence-corrected chi connectivity index (χ0v) is 10.9. The van der Waals surface area contributed by atoms with E-state index in [1.165, 1.54) is 16.5 Å². The Labute approximate surface area is 104 Å². The van der Waals surface area contributed by atoms with E-state index in [0.29, 0.717) is 0 Å². The molecule has 0 N–H and O–H groups in total. The summed E-state index contributed by atoms with van der Waals surface area (Å²) in [6.45, 7) is 2.18. The van der Waals surface area contributed by atoms with Crippen LogP contribution in [0.15, 0.2) is 42.1 Å². The predicted molar refractivity (Wildman–Crippen MR) is 73.8 cm³/mol. The third-order valence-corrected chi connectivity index (χ3v) is 3.39. The van der Waals surface area contributed by atoms with Crippen molar-refractivity contribution in [1.82, 2.24) is 4.98 Å². The highest BCUT2D eigenvalue weighted by Crippen LogP contribution is 2.20. The quantitative estimate of drug-likeness (QED) is 0.756. The Balaban J connectivity index is 2.56. The molecule has 0 saturated carbocycles. The minimum Gasteiger partial charge on any atom is -0.256 e. The largest absolute Gasteiger partial charge is 0.256 e. The highest BCUT2D eigenvalue weighted by molar-refractivity contribution is 9.09. The summed E-state index contributed by atoms with van der Waals surface area (Å²) in [6.07, 6.45) is 5.19. The van der Waals surface area contributed by atoms with Crippen molar-refractivity contribution in [3.05, 3.63) is 47.7 Å². The predicted octanol–water partition coefficient (Wildman–Crippen LogP) is 4.42. The minimum absolute atomic E-state index is 0.931. The number of aromatic nitrogens is 1. The molecule has 2 rings (SSSR count). The van der Waals surface area contributed by atoms with Crippen molar-refractivity contribution in [3.8, 4) is 0 Å². The normalized spacial score (nSPS) is 12.0. The SMILES string of the molecule is CCC(=Cc1ccnc2ccccc12)CBr. The molecule has 0 saturated heterocycles. The Morgan fingerprint density at radius 2 is 2.12 bits per heavy atom. The van der Waals surface area contributed by atoms with Gasteiger partial charge in [-0.3, -0.25) is 4.98 Å². The van der Waals surface area contributed by atoms with E-state index in [1.54, 1.807) is 0 Å². The summed E-state index contributed by atoms with van der Waals surface area (Å²) in [6, 6.07) is 10.3. The Morgan fingerprint density at radius 1 is 1.31 bits per heavy atom. The molecule has 1 aromatic carbocycles. The van der Waals surface area contributed by atoms with Crippen LogP contribution in [-0.4, -0.2) is 10.3 Å². The molecule has 1 aromatic heterocycles. The average Bonchev–Trinajstić information content (AvgIpc) is 2.36. The van der Waals surface area contributed by atoms with E-state index in [0.717, 1.165) is 17.3 Å². The molecule has 82 valence electrons. The molecule has 0 atom stereocenters. The molecule has 0 aliphatic rings. The minimum atomic E-state index is 0.931. The number of rotatable bonds is 3. The number of pyridine rings is 1. The molecule has 0 unspecified atom stereocenters. The van der Waals surface area contributed by atoms with Gasteiger partial charge >= 0.3 is 0 Å². The molecular weight excluding hydrogens is 262 g/mol. The van der Waals surface area contributed by atoms with Crippen LogP contribution >= 0.6 is 15.9 Å². The van der Waals surface area contributed by atoms with Gasteiger partial charge < -0.3 is 0 Å². The molecule has 2 aromatic rings. The van der Waals surface area contributed by atoms with Crippen LogP contribution in [0.4, 0.5) is 0 Å². The van der Waals surface area contributed by atoms with Crippen molar-refractivity contribution >= 4 is 32.9 Å². The van der Waals surface area contributed by atoms with E-state index in [1.807, 2.05) is 18.3 Å². The van der Waals surface area contributed by atoms with Crippen LogP contribution in [0.25, 0.3) is 17.0 Å². The zero-order valence-electron chi connectivity index (χ0n) is 9.28. The van der Waals surface area contributed by atoms with Gasteiger partial charge in [0.15, 0.2) is 0 Å². The van der Waals surface area contributed by atoms with Crippen molar-refractivity contribution in [1.29, 1.82) is 0 Å². The fourth-order valence-corrected chi connectivity index (χ4v) is 2.26. The first-order valence-electron chi connectivity index (χ1n) is 5.44. The lowest BCUT2D eigenvalue weighted by atomic mass is 10.1. The van der Waals surface area contributed by atoms with E-state index >= 15 is 0 Å². The second kappa shape index (κ2) is 5.26. The van der Waals surface area contributed by atoms with E-state index < -0.39 is 0 Å². The van der Waals surface area contributed by atoms with Gasteiger partial charge in [0.05, 0.1) is 5.52 Å². The first kappa shape index (κ1) is 11.3. The summed E-state index contributed by atoms with van der Waals surface area (Å²) in [5.74, 6) is 0. The Kier molecular flexibility index (Phi) is 3.73. The number of hydrogen-bond acceptors (Lipinski definition) is 1. The van der Waals surface area contributed by atoms with Gasteiger partial charge in [-0.15, -0.1) is 0 Å². The summed E-state index contributed by atoms with van der Waals surface area (Å²) in [4.78, 5) is 4.36. The third-order valence-electron chi connectivity index (χ3n) is 2.67. The second-order valence-electron chi connectivity index (χ2n) is 3.71. The molecule has 0 aliphatic heterocycles. The molecule has 2 heteroatoms. The molecule has 0 bridgehead atoms.